The predicted octanol–water partition coefficient (Wildman–Crippen LogP) is 2.95. The largest absolute Gasteiger partial charge is 0.398 e. The van der Waals surface area contributed by atoms with E-state index in [1.807, 2.05) is 19.1 Å². The first-order valence-corrected chi connectivity index (χ1v) is 5.56. The summed E-state index contributed by atoms with van der Waals surface area (Å²) in [7, 11) is 0. The molecule has 1 aromatic rings. The van der Waals surface area contributed by atoms with Crippen molar-refractivity contribution in [1.29, 1.82) is 0 Å². The van der Waals surface area contributed by atoms with Crippen LogP contribution >= 0.6 is 0 Å². The SMILES string of the molecule is Cc1ccc(C(=O)CCC2CC2)cc1N. The van der Waals surface area contributed by atoms with Crippen molar-refractivity contribution < 1.29 is 4.79 Å². The maximum atomic E-state index is 11.8. The summed E-state index contributed by atoms with van der Waals surface area (Å²) in [5.41, 5.74) is 8.29. The molecule has 0 spiro atoms. The number of benzene rings is 1. The van der Waals surface area contributed by atoms with Crippen LogP contribution in [0.2, 0.25) is 0 Å². The van der Waals surface area contributed by atoms with Gasteiger partial charge in [-0.25, -0.2) is 0 Å². The zero-order valence-electron chi connectivity index (χ0n) is 9.12. The van der Waals surface area contributed by atoms with Crippen molar-refractivity contribution in [3.8, 4) is 0 Å². The fraction of sp³-hybridized carbons (Fsp3) is 0.462. The standard InChI is InChI=1S/C13H17NO/c1-9-2-6-11(8-12(9)14)13(15)7-5-10-3-4-10/h2,6,8,10H,3-5,7,14H2,1H3. The van der Waals surface area contributed by atoms with Gasteiger partial charge in [-0.2, -0.15) is 0 Å². The Hall–Kier alpha value is -1.31. The van der Waals surface area contributed by atoms with Crippen LogP contribution in [0, 0.1) is 12.8 Å². The van der Waals surface area contributed by atoms with Crippen molar-refractivity contribution in [2.24, 2.45) is 5.92 Å². The van der Waals surface area contributed by atoms with E-state index < -0.39 is 0 Å². The third-order valence-corrected chi connectivity index (χ3v) is 3.08. The van der Waals surface area contributed by atoms with Gasteiger partial charge in [0.15, 0.2) is 5.78 Å². The van der Waals surface area contributed by atoms with E-state index in [1.54, 1.807) is 6.07 Å². The number of carbonyl (C=O) groups is 1. The van der Waals surface area contributed by atoms with Gasteiger partial charge in [-0.15, -0.1) is 0 Å². The highest BCUT2D eigenvalue weighted by Crippen LogP contribution is 2.33. The van der Waals surface area contributed by atoms with E-state index in [-0.39, 0.29) is 5.78 Å². The Morgan fingerprint density at radius 2 is 2.20 bits per heavy atom. The van der Waals surface area contributed by atoms with Crippen molar-refractivity contribution in [1.82, 2.24) is 0 Å². The Balaban J connectivity index is 2.00. The van der Waals surface area contributed by atoms with E-state index in [4.69, 9.17) is 5.73 Å². The second-order valence-corrected chi connectivity index (χ2v) is 4.48. The molecule has 0 radical (unpaired) electrons. The molecule has 0 aliphatic heterocycles. The molecule has 2 nitrogen and oxygen atoms in total. The summed E-state index contributed by atoms with van der Waals surface area (Å²) in [5.74, 6) is 1.05. The summed E-state index contributed by atoms with van der Waals surface area (Å²) in [5, 5.41) is 0. The van der Waals surface area contributed by atoms with Gasteiger partial charge in [-0.05, 0) is 30.9 Å². The topological polar surface area (TPSA) is 43.1 Å². The number of nitrogens with two attached hydrogens (primary N) is 1. The van der Waals surface area contributed by atoms with E-state index in [2.05, 4.69) is 0 Å². The number of anilines is 1. The van der Waals surface area contributed by atoms with E-state index in [0.717, 1.165) is 23.5 Å². The summed E-state index contributed by atoms with van der Waals surface area (Å²) in [6.45, 7) is 1.95. The van der Waals surface area contributed by atoms with Crippen LogP contribution < -0.4 is 5.73 Å². The van der Waals surface area contributed by atoms with Gasteiger partial charge in [0.05, 0.1) is 0 Å². The molecule has 1 aliphatic rings. The van der Waals surface area contributed by atoms with Gasteiger partial charge in [0.1, 0.15) is 0 Å². The Labute approximate surface area is 90.5 Å². The van der Waals surface area contributed by atoms with Gasteiger partial charge in [0.2, 0.25) is 0 Å². The molecule has 1 aliphatic carbocycles. The summed E-state index contributed by atoms with van der Waals surface area (Å²) < 4.78 is 0. The van der Waals surface area contributed by atoms with Crippen LogP contribution in [0.1, 0.15) is 41.6 Å². The van der Waals surface area contributed by atoms with Crippen LogP contribution in [0.15, 0.2) is 18.2 Å². The number of carbonyl (C=O) groups excluding carboxylic acids is 1. The summed E-state index contributed by atoms with van der Waals surface area (Å²) in [4.78, 5) is 11.8. The number of ketones is 1. The van der Waals surface area contributed by atoms with Gasteiger partial charge in [0.25, 0.3) is 0 Å². The second-order valence-electron chi connectivity index (χ2n) is 4.48. The zero-order valence-corrected chi connectivity index (χ0v) is 9.12. The first-order valence-electron chi connectivity index (χ1n) is 5.56. The van der Waals surface area contributed by atoms with Crippen LogP contribution in [0.5, 0.6) is 0 Å². The fourth-order valence-electron chi connectivity index (χ4n) is 1.70. The molecule has 2 N–H and O–H groups in total. The summed E-state index contributed by atoms with van der Waals surface area (Å²) in [6, 6.07) is 5.59. The van der Waals surface area contributed by atoms with E-state index >= 15 is 0 Å². The molecule has 1 saturated carbocycles. The zero-order chi connectivity index (χ0) is 10.8. The molecular formula is C13H17NO. The van der Waals surface area contributed by atoms with Crippen LogP contribution in [-0.2, 0) is 0 Å². The van der Waals surface area contributed by atoms with Crippen LogP contribution in [0.3, 0.4) is 0 Å². The van der Waals surface area contributed by atoms with Crippen molar-refractivity contribution in [2.75, 3.05) is 5.73 Å². The number of Topliss-reactive ketones (excluding diaryl/α,β-unsaturated/α-hetero) is 1. The van der Waals surface area contributed by atoms with Gasteiger partial charge in [0, 0.05) is 17.7 Å². The number of rotatable bonds is 4. The van der Waals surface area contributed by atoms with Crippen molar-refractivity contribution in [2.45, 2.75) is 32.6 Å². The van der Waals surface area contributed by atoms with Crippen LogP contribution in [0.25, 0.3) is 0 Å². The predicted molar refractivity (Wildman–Crippen MR) is 61.9 cm³/mol. The third-order valence-electron chi connectivity index (χ3n) is 3.08. The minimum Gasteiger partial charge on any atom is -0.398 e. The Morgan fingerprint density at radius 3 is 2.80 bits per heavy atom. The molecular weight excluding hydrogens is 186 g/mol. The van der Waals surface area contributed by atoms with E-state index in [0.29, 0.717) is 12.1 Å². The molecule has 15 heavy (non-hydrogen) atoms. The lowest BCUT2D eigenvalue weighted by Gasteiger charge is -2.04. The average Bonchev–Trinajstić information content (AvgIpc) is 3.02. The molecule has 2 rings (SSSR count). The van der Waals surface area contributed by atoms with Crippen molar-refractivity contribution in [3.05, 3.63) is 29.3 Å². The molecule has 0 amide bonds. The lowest BCUT2D eigenvalue weighted by atomic mass is 10.0. The highest BCUT2D eigenvalue weighted by atomic mass is 16.1. The molecule has 0 atom stereocenters. The highest BCUT2D eigenvalue weighted by molar-refractivity contribution is 5.97. The van der Waals surface area contributed by atoms with Gasteiger partial charge < -0.3 is 5.73 Å². The van der Waals surface area contributed by atoms with E-state index in [9.17, 15) is 4.79 Å². The van der Waals surface area contributed by atoms with Gasteiger partial charge >= 0.3 is 0 Å². The minimum atomic E-state index is 0.230. The molecule has 0 unspecified atom stereocenters. The number of nitrogen functional groups attached to an aromatic ring is 1. The first kappa shape index (κ1) is 10.2. The number of aryl methyl sites for hydroxylation is 1. The monoisotopic (exact) mass is 203 g/mol. The normalized spacial score (nSPS) is 15.3. The fourth-order valence-corrected chi connectivity index (χ4v) is 1.70. The maximum absolute atomic E-state index is 11.8. The highest BCUT2D eigenvalue weighted by Gasteiger charge is 2.22. The minimum absolute atomic E-state index is 0.230. The molecule has 0 saturated heterocycles. The molecule has 1 aromatic carbocycles. The molecule has 0 bridgehead atoms. The van der Waals surface area contributed by atoms with E-state index in [1.165, 1.54) is 12.8 Å². The summed E-state index contributed by atoms with van der Waals surface area (Å²) in [6.07, 6.45) is 4.34. The quantitative estimate of drug-likeness (QED) is 0.604. The lowest BCUT2D eigenvalue weighted by molar-refractivity contribution is 0.0978. The summed E-state index contributed by atoms with van der Waals surface area (Å²) >= 11 is 0. The Morgan fingerprint density at radius 1 is 1.47 bits per heavy atom. The second kappa shape index (κ2) is 4.05. The van der Waals surface area contributed by atoms with Crippen molar-refractivity contribution in [3.63, 3.8) is 0 Å². The average molecular weight is 203 g/mol. The molecule has 80 valence electrons. The first-order chi connectivity index (χ1) is 7.16. The molecule has 0 aromatic heterocycles. The van der Waals surface area contributed by atoms with Crippen LogP contribution in [-0.4, -0.2) is 5.78 Å². The Kier molecular flexibility index (Phi) is 2.76. The lowest BCUT2D eigenvalue weighted by Crippen LogP contribution is -2.01. The molecule has 1 fully saturated rings. The number of hydrogen-bond acceptors (Lipinski definition) is 2. The van der Waals surface area contributed by atoms with Crippen molar-refractivity contribution >= 4 is 11.5 Å². The Bertz CT molecular complexity index is 380. The molecule has 2 heteroatoms. The smallest absolute Gasteiger partial charge is 0.162 e. The van der Waals surface area contributed by atoms with Crippen LogP contribution in [0.4, 0.5) is 5.69 Å². The molecule has 0 heterocycles. The van der Waals surface area contributed by atoms with Gasteiger partial charge in [-0.1, -0.05) is 25.0 Å². The third kappa shape index (κ3) is 2.58. The number of hydrogen-bond donors (Lipinski definition) is 1. The van der Waals surface area contributed by atoms with Gasteiger partial charge in [-0.3, -0.25) is 4.79 Å². The maximum Gasteiger partial charge on any atom is 0.162 e.